The molecule has 2 aromatic carbocycles. The number of anilines is 1. The van der Waals surface area contributed by atoms with Crippen LogP contribution < -0.4 is 10.6 Å². The molecule has 3 nitrogen and oxygen atoms in total. The van der Waals surface area contributed by atoms with E-state index in [-0.39, 0.29) is 22.9 Å². The molecule has 0 aliphatic carbocycles. The topological polar surface area (TPSA) is 41.1 Å². The first-order valence-corrected chi connectivity index (χ1v) is 8.25. The van der Waals surface area contributed by atoms with Crippen molar-refractivity contribution in [3.05, 3.63) is 64.4 Å². The highest BCUT2D eigenvalue weighted by atomic mass is 35.5. The Hall–Kier alpha value is -2.12. The van der Waals surface area contributed by atoms with Gasteiger partial charge < -0.3 is 10.6 Å². The van der Waals surface area contributed by atoms with Crippen LogP contribution in [0.2, 0.25) is 5.02 Å². The molecular weight excluding hydrogens is 372 g/mol. The monoisotopic (exact) mass is 388 g/mol. The molecule has 0 spiro atoms. The molecule has 0 bridgehead atoms. The normalized spacial score (nSPS) is 11.4. The van der Waals surface area contributed by atoms with Crippen molar-refractivity contribution in [2.75, 3.05) is 18.4 Å². The van der Waals surface area contributed by atoms with Crippen molar-refractivity contribution in [1.82, 2.24) is 5.32 Å². The number of nitrogens with one attached hydrogen (secondary N) is 2. The fourth-order valence-electron chi connectivity index (χ4n) is 2.22. The number of rotatable bonds is 7. The van der Waals surface area contributed by atoms with Gasteiger partial charge in [0.25, 0.3) is 0 Å². The van der Waals surface area contributed by atoms with E-state index >= 15 is 0 Å². The molecule has 0 radical (unpaired) electrons. The van der Waals surface area contributed by atoms with Crippen molar-refractivity contribution >= 4 is 23.2 Å². The lowest BCUT2D eigenvalue weighted by Gasteiger charge is -2.12. The molecule has 0 aromatic heterocycles. The van der Waals surface area contributed by atoms with Crippen LogP contribution in [0.4, 0.5) is 23.2 Å². The number of carbonyl (C=O) groups is 1. The molecule has 0 saturated heterocycles. The van der Waals surface area contributed by atoms with Gasteiger partial charge in [-0.2, -0.15) is 13.2 Å². The first-order valence-electron chi connectivity index (χ1n) is 7.87. The molecule has 1 amide bonds. The zero-order valence-corrected chi connectivity index (χ0v) is 14.4. The second kappa shape index (κ2) is 9.00. The molecule has 2 N–H and O–H groups in total. The van der Waals surface area contributed by atoms with Crippen LogP contribution >= 0.6 is 11.6 Å². The summed E-state index contributed by atoms with van der Waals surface area (Å²) in [5.41, 5.74) is 0.00604. The van der Waals surface area contributed by atoms with Gasteiger partial charge in [-0.15, -0.1) is 0 Å². The quantitative estimate of drug-likeness (QED) is 0.535. The summed E-state index contributed by atoms with van der Waals surface area (Å²) in [5.74, 6) is -0.743. The van der Waals surface area contributed by atoms with E-state index in [9.17, 15) is 22.4 Å². The average molecular weight is 389 g/mol. The minimum atomic E-state index is -4.51. The van der Waals surface area contributed by atoms with E-state index in [1.807, 2.05) is 0 Å². The maximum absolute atomic E-state index is 12.8. The second-order valence-corrected chi connectivity index (χ2v) is 6.02. The molecule has 8 heteroatoms. The predicted octanol–water partition coefficient (Wildman–Crippen LogP) is 4.66. The summed E-state index contributed by atoms with van der Waals surface area (Å²) in [6.07, 6.45) is -3.76. The van der Waals surface area contributed by atoms with Gasteiger partial charge >= 0.3 is 6.18 Å². The van der Waals surface area contributed by atoms with Crippen LogP contribution in [-0.4, -0.2) is 19.0 Å². The lowest BCUT2D eigenvalue weighted by atomic mass is 10.1. The number of hydrogen-bond donors (Lipinski definition) is 2. The van der Waals surface area contributed by atoms with Crippen molar-refractivity contribution < 1.29 is 22.4 Å². The van der Waals surface area contributed by atoms with Crippen molar-refractivity contribution in [1.29, 1.82) is 0 Å². The maximum Gasteiger partial charge on any atom is 0.416 e. The fourth-order valence-corrected chi connectivity index (χ4v) is 2.39. The zero-order chi connectivity index (χ0) is 19.2. The Morgan fingerprint density at radius 1 is 1.04 bits per heavy atom. The highest BCUT2D eigenvalue weighted by Gasteiger charge is 2.31. The van der Waals surface area contributed by atoms with Gasteiger partial charge in [0.2, 0.25) is 5.91 Å². The first-order chi connectivity index (χ1) is 12.3. The molecule has 0 aliphatic rings. The van der Waals surface area contributed by atoms with E-state index in [1.165, 1.54) is 12.1 Å². The van der Waals surface area contributed by atoms with Crippen LogP contribution in [0, 0.1) is 5.82 Å². The maximum atomic E-state index is 12.8. The van der Waals surface area contributed by atoms with E-state index in [0.717, 1.165) is 23.8 Å². The summed E-state index contributed by atoms with van der Waals surface area (Å²) in [5, 5.41) is 5.47. The Bertz CT molecular complexity index is 748. The van der Waals surface area contributed by atoms with Gasteiger partial charge in [0.1, 0.15) is 5.82 Å². The molecule has 0 heterocycles. The van der Waals surface area contributed by atoms with Gasteiger partial charge in [0, 0.05) is 13.0 Å². The largest absolute Gasteiger partial charge is 0.416 e. The first kappa shape index (κ1) is 20.2. The van der Waals surface area contributed by atoms with Gasteiger partial charge in [-0.25, -0.2) is 4.39 Å². The Labute approximate surface area is 153 Å². The van der Waals surface area contributed by atoms with Gasteiger partial charge in [0.05, 0.1) is 16.3 Å². The van der Waals surface area contributed by atoms with E-state index < -0.39 is 17.6 Å². The highest BCUT2D eigenvalue weighted by molar-refractivity contribution is 6.33. The summed E-state index contributed by atoms with van der Waals surface area (Å²) in [6.45, 7) is 0.937. The number of carbonyl (C=O) groups excluding carboxylic acids is 1. The second-order valence-electron chi connectivity index (χ2n) is 5.62. The van der Waals surface area contributed by atoms with Crippen LogP contribution in [0.5, 0.6) is 0 Å². The zero-order valence-electron chi connectivity index (χ0n) is 13.7. The minimum Gasteiger partial charge on any atom is -0.325 e. The van der Waals surface area contributed by atoms with Crippen LogP contribution in [0.25, 0.3) is 0 Å². The number of hydrogen-bond acceptors (Lipinski definition) is 2. The number of alkyl halides is 3. The Balaban J connectivity index is 1.76. The molecule has 0 atom stereocenters. The van der Waals surface area contributed by atoms with E-state index in [4.69, 9.17) is 11.6 Å². The van der Waals surface area contributed by atoms with Crippen molar-refractivity contribution in [2.45, 2.75) is 19.0 Å². The molecule has 0 fully saturated rings. The third-order valence-corrected chi connectivity index (χ3v) is 3.93. The fraction of sp³-hybridized carbons (Fsp3) is 0.278. The third kappa shape index (κ3) is 6.31. The number of benzene rings is 2. The minimum absolute atomic E-state index is 0.0376. The lowest BCUT2D eigenvalue weighted by molar-refractivity contribution is -0.137. The van der Waals surface area contributed by atoms with Gasteiger partial charge in [-0.05, 0) is 48.9 Å². The van der Waals surface area contributed by atoms with E-state index in [1.54, 1.807) is 12.1 Å². The molecule has 140 valence electrons. The van der Waals surface area contributed by atoms with E-state index in [2.05, 4.69) is 10.6 Å². The van der Waals surface area contributed by atoms with Gasteiger partial charge in [-0.1, -0.05) is 23.7 Å². The van der Waals surface area contributed by atoms with Crippen LogP contribution in [0.15, 0.2) is 42.5 Å². The number of halogens is 5. The summed E-state index contributed by atoms with van der Waals surface area (Å²) in [7, 11) is 0. The molecule has 26 heavy (non-hydrogen) atoms. The lowest BCUT2D eigenvalue weighted by Crippen LogP contribution is -2.23. The SMILES string of the molecule is O=C(CCNCCc1ccc(F)cc1)Nc1cc(C(F)(F)F)ccc1Cl. The smallest absolute Gasteiger partial charge is 0.325 e. The molecular formula is C18H17ClF4N2O. The van der Waals surface area contributed by atoms with Crippen LogP contribution in [0.1, 0.15) is 17.5 Å². The Morgan fingerprint density at radius 2 is 1.73 bits per heavy atom. The third-order valence-electron chi connectivity index (χ3n) is 3.60. The number of amides is 1. The molecule has 2 aromatic rings. The molecule has 0 unspecified atom stereocenters. The Morgan fingerprint density at radius 3 is 2.38 bits per heavy atom. The van der Waals surface area contributed by atoms with E-state index in [0.29, 0.717) is 19.5 Å². The van der Waals surface area contributed by atoms with Gasteiger partial charge in [0.15, 0.2) is 0 Å². The summed E-state index contributed by atoms with van der Waals surface area (Å²) in [4.78, 5) is 11.9. The molecule has 2 rings (SSSR count). The van der Waals surface area contributed by atoms with Crippen molar-refractivity contribution in [3.63, 3.8) is 0 Å². The van der Waals surface area contributed by atoms with Crippen LogP contribution in [-0.2, 0) is 17.4 Å². The summed E-state index contributed by atoms with van der Waals surface area (Å²) in [6, 6.07) is 8.88. The average Bonchev–Trinajstić information content (AvgIpc) is 2.57. The predicted molar refractivity (Wildman–Crippen MR) is 92.7 cm³/mol. The highest BCUT2D eigenvalue weighted by Crippen LogP contribution is 2.33. The Kier molecular flexibility index (Phi) is 6.99. The molecule has 0 aliphatic heterocycles. The standard InChI is InChI=1S/C18H17ClF4N2O/c19-15-6-3-13(18(21,22)23)11-16(15)25-17(26)8-10-24-9-7-12-1-4-14(20)5-2-12/h1-6,11,24H,7-10H2,(H,25,26). The van der Waals surface area contributed by atoms with Gasteiger partial charge in [-0.3, -0.25) is 4.79 Å². The van der Waals surface area contributed by atoms with Crippen LogP contribution in [0.3, 0.4) is 0 Å². The van der Waals surface area contributed by atoms with Crippen molar-refractivity contribution in [3.8, 4) is 0 Å². The van der Waals surface area contributed by atoms with Crippen molar-refractivity contribution in [2.24, 2.45) is 0 Å². The summed E-state index contributed by atoms with van der Waals surface area (Å²) >= 11 is 5.83. The summed E-state index contributed by atoms with van der Waals surface area (Å²) < 4.78 is 50.9. The molecule has 0 saturated carbocycles.